The fourth-order valence-corrected chi connectivity index (χ4v) is 2.04. The molecule has 0 saturated carbocycles. The van der Waals surface area contributed by atoms with E-state index in [1.54, 1.807) is 12.1 Å². The Morgan fingerprint density at radius 3 is 2.94 bits per heavy atom. The minimum absolute atomic E-state index is 0.0936. The molecule has 4 nitrogen and oxygen atoms in total. The molecule has 1 aromatic carbocycles. The lowest BCUT2D eigenvalue weighted by molar-refractivity contribution is -0.143. The van der Waals surface area contributed by atoms with Gasteiger partial charge in [-0.3, -0.25) is 0 Å². The van der Waals surface area contributed by atoms with E-state index in [1.807, 2.05) is 20.0 Å². The van der Waals surface area contributed by atoms with Gasteiger partial charge in [0, 0.05) is 23.0 Å². The van der Waals surface area contributed by atoms with Gasteiger partial charge in [-0.2, -0.15) is 0 Å². The van der Waals surface area contributed by atoms with Gasteiger partial charge >= 0.3 is 5.97 Å². The van der Waals surface area contributed by atoms with E-state index in [2.05, 4.69) is 5.32 Å². The third-order valence-electron chi connectivity index (χ3n) is 3.03. The molecule has 18 heavy (non-hydrogen) atoms. The van der Waals surface area contributed by atoms with Crippen molar-refractivity contribution in [1.29, 1.82) is 0 Å². The Labute approximate surface area is 111 Å². The number of esters is 1. The highest BCUT2D eigenvalue weighted by Gasteiger charge is 2.29. The Balaban J connectivity index is 2.23. The van der Waals surface area contributed by atoms with Crippen LogP contribution in [0.1, 0.15) is 24.9 Å². The molecule has 0 spiro atoms. The van der Waals surface area contributed by atoms with E-state index in [9.17, 15) is 4.79 Å². The molecule has 1 aliphatic rings. The van der Waals surface area contributed by atoms with Crippen LogP contribution in [-0.2, 0) is 9.53 Å². The molecule has 2 atom stereocenters. The summed E-state index contributed by atoms with van der Waals surface area (Å²) in [5.74, 6) is 0.373. The quantitative estimate of drug-likeness (QED) is 0.852. The highest BCUT2D eigenvalue weighted by atomic mass is 35.5. The lowest BCUT2D eigenvalue weighted by Gasteiger charge is -2.18. The van der Waals surface area contributed by atoms with Crippen molar-refractivity contribution in [1.82, 2.24) is 5.32 Å². The van der Waals surface area contributed by atoms with Crippen LogP contribution in [0.5, 0.6) is 5.75 Å². The standard InChI is InChI=1S/C13H16ClNO3/c1-8(15-2)10-7-9(14)3-4-11(10)18-12-5-6-17-13(12)16/h3-4,7-8,12,15H,5-6H2,1-2H3. The van der Waals surface area contributed by atoms with Crippen molar-refractivity contribution in [3.8, 4) is 5.75 Å². The Morgan fingerprint density at radius 2 is 2.33 bits per heavy atom. The summed E-state index contributed by atoms with van der Waals surface area (Å²) in [6, 6.07) is 5.48. The van der Waals surface area contributed by atoms with Crippen molar-refractivity contribution in [2.24, 2.45) is 0 Å². The third kappa shape index (κ3) is 2.76. The van der Waals surface area contributed by atoms with E-state index in [0.717, 1.165) is 5.56 Å². The van der Waals surface area contributed by atoms with Crippen LogP contribution in [0.25, 0.3) is 0 Å². The van der Waals surface area contributed by atoms with E-state index in [-0.39, 0.29) is 12.0 Å². The average Bonchev–Trinajstić information content (AvgIpc) is 2.76. The number of nitrogens with one attached hydrogen (secondary N) is 1. The van der Waals surface area contributed by atoms with Gasteiger partial charge in [0.15, 0.2) is 6.10 Å². The van der Waals surface area contributed by atoms with E-state index in [1.165, 1.54) is 0 Å². The summed E-state index contributed by atoms with van der Waals surface area (Å²) < 4.78 is 10.6. The van der Waals surface area contributed by atoms with E-state index in [4.69, 9.17) is 21.1 Å². The van der Waals surface area contributed by atoms with Gasteiger partial charge in [0.2, 0.25) is 0 Å². The maximum atomic E-state index is 11.4. The van der Waals surface area contributed by atoms with Crippen molar-refractivity contribution >= 4 is 17.6 Å². The molecule has 0 amide bonds. The topological polar surface area (TPSA) is 47.6 Å². The van der Waals surface area contributed by atoms with Crippen molar-refractivity contribution in [2.75, 3.05) is 13.7 Å². The van der Waals surface area contributed by atoms with Crippen molar-refractivity contribution in [2.45, 2.75) is 25.5 Å². The molecule has 98 valence electrons. The van der Waals surface area contributed by atoms with Crippen LogP contribution >= 0.6 is 11.6 Å². The lowest BCUT2D eigenvalue weighted by Crippen LogP contribution is -2.23. The van der Waals surface area contributed by atoms with E-state index >= 15 is 0 Å². The second-order valence-corrected chi connectivity index (χ2v) is 4.69. The van der Waals surface area contributed by atoms with Gasteiger partial charge in [-0.25, -0.2) is 4.79 Å². The number of halogens is 1. The molecular weight excluding hydrogens is 254 g/mol. The first-order valence-corrected chi connectivity index (χ1v) is 6.29. The zero-order valence-electron chi connectivity index (χ0n) is 10.4. The van der Waals surface area contributed by atoms with E-state index < -0.39 is 6.10 Å². The molecule has 1 fully saturated rings. The van der Waals surface area contributed by atoms with Crippen LogP contribution in [-0.4, -0.2) is 25.7 Å². The number of benzene rings is 1. The Morgan fingerprint density at radius 1 is 1.56 bits per heavy atom. The fraction of sp³-hybridized carbons (Fsp3) is 0.462. The molecule has 0 aliphatic carbocycles. The number of rotatable bonds is 4. The first-order valence-electron chi connectivity index (χ1n) is 5.92. The fourth-order valence-electron chi connectivity index (χ4n) is 1.86. The molecule has 0 bridgehead atoms. The summed E-state index contributed by atoms with van der Waals surface area (Å²) in [7, 11) is 1.86. The van der Waals surface area contributed by atoms with Crippen molar-refractivity contribution in [3.63, 3.8) is 0 Å². The second-order valence-electron chi connectivity index (χ2n) is 4.26. The van der Waals surface area contributed by atoms with E-state index in [0.29, 0.717) is 23.8 Å². The van der Waals surface area contributed by atoms with Crippen LogP contribution in [0.15, 0.2) is 18.2 Å². The molecule has 1 aromatic rings. The maximum Gasteiger partial charge on any atom is 0.347 e. The Bertz CT molecular complexity index is 450. The summed E-state index contributed by atoms with van der Waals surface area (Å²) in [4.78, 5) is 11.4. The number of carbonyl (C=O) groups excluding carboxylic acids is 1. The van der Waals surface area contributed by atoms with Crippen LogP contribution < -0.4 is 10.1 Å². The predicted molar refractivity (Wildman–Crippen MR) is 68.9 cm³/mol. The first kappa shape index (κ1) is 13.2. The minimum Gasteiger partial charge on any atom is -0.478 e. The summed E-state index contributed by atoms with van der Waals surface area (Å²) in [6.07, 6.45) is 0.0865. The third-order valence-corrected chi connectivity index (χ3v) is 3.26. The minimum atomic E-state index is -0.506. The lowest BCUT2D eigenvalue weighted by atomic mass is 10.1. The van der Waals surface area contributed by atoms with Crippen LogP contribution in [0.2, 0.25) is 5.02 Å². The summed E-state index contributed by atoms with van der Waals surface area (Å²) in [5.41, 5.74) is 0.935. The summed E-state index contributed by atoms with van der Waals surface area (Å²) in [6.45, 7) is 2.43. The SMILES string of the molecule is CNC(C)c1cc(Cl)ccc1OC1CCOC1=O. The van der Waals surface area contributed by atoms with Gasteiger partial charge < -0.3 is 14.8 Å². The summed E-state index contributed by atoms with van der Waals surface area (Å²) >= 11 is 5.99. The van der Waals surface area contributed by atoms with Gasteiger partial charge in [0.25, 0.3) is 0 Å². The molecule has 1 saturated heterocycles. The number of hydrogen-bond acceptors (Lipinski definition) is 4. The number of ether oxygens (including phenoxy) is 2. The molecule has 1 N–H and O–H groups in total. The number of hydrogen-bond donors (Lipinski definition) is 1. The van der Waals surface area contributed by atoms with Crippen molar-refractivity contribution < 1.29 is 14.3 Å². The Hall–Kier alpha value is -1.26. The summed E-state index contributed by atoms with van der Waals surface area (Å²) in [5, 5.41) is 3.78. The monoisotopic (exact) mass is 269 g/mol. The number of carbonyl (C=O) groups is 1. The number of cyclic esters (lactones) is 1. The highest BCUT2D eigenvalue weighted by molar-refractivity contribution is 6.30. The van der Waals surface area contributed by atoms with Gasteiger partial charge in [0.1, 0.15) is 5.75 Å². The predicted octanol–water partition coefficient (Wildman–Crippen LogP) is 2.31. The van der Waals surface area contributed by atoms with Crippen LogP contribution in [0.3, 0.4) is 0 Å². The molecule has 5 heteroatoms. The second kappa shape index (κ2) is 5.59. The zero-order chi connectivity index (χ0) is 13.1. The normalized spacial score (nSPS) is 20.6. The maximum absolute atomic E-state index is 11.4. The molecule has 2 rings (SSSR count). The molecule has 0 radical (unpaired) electrons. The van der Waals surface area contributed by atoms with Crippen LogP contribution in [0.4, 0.5) is 0 Å². The van der Waals surface area contributed by atoms with Gasteiger partial charge in [-0.15, -0.1) is 0 Å². The van der Waals surface area contributed by atoms with Gasteiger partial charge in [-0.1, -0.05) is 11.6 Å². The largest absolute Gasteiger partial charge is 0.478 e. The highest BCUT2D eigenvalue weighted by Crippen LogP contribution is 2.30. The van der Waals surface area contributed by atoms with Crippen LogP contribution in [0, 0.1) is 0 Å². The van der Waals surface area contributed by atoms with Crippen molar-refractivity contribution in [3.05, 3.63) is 28.8 Å². The van der Waals surface area contributed by atoms with Gasteiger partial charge in [0.05, 0.1) is 6.61 Å². The Kier molecular flexibility index (Phi) is 4.09. The molecule has 1 heterocycles. The smallest absolute Gasteiger partial charge is 0.347 e. The first-order chi connectivity index (χ1) is 8.61. The van der Waals surface area contributed by atoms with Gasteiger partial charge in [-0.05, 0) is 32.2 Å². The molecule has 2 unspecified atom stereocenters. The molecular formula is C13H16ClNO3. The molecule has 0 aromatic heterocycles. The zero-order valence-corrected chi connectivity index (χ0v) is 11.2. The molecule has 1 aliphatic heterocycles. The average molecular weight is 270 g/mol.